The molecule has 6 heteroatoms. The third kappa shape index (κ3) is 3.51. The molecule has 0 radical (unpaired) electrons. The van der Waals surface area contributed by atoms with Crippen LogP contribution in [0, 0.1) is 6.92 Å². The molecule has 0 saturated heterocycles. The summed E-state index contributed by atoms with van der Waals surface area (Å²) < 4.78 is 0. The molecule has 0 bridgehead atoms. The Morgan fingerprint density at radius 3 is 2.15 bits per heavy atom. The normalized spacial score (nSPS) is 14.3. The van der Waals surface area contributed by atoms with E-state index >= 15 is 0 Å². The third-order valence-corrected chi connectivity index (χ3v) is 5.00. The molecule has 2 aromatic rings. The Kier molecular flexibility index (Phi) is 5.42. The van der Waals surface area contributed by atoms with Crippen LogP contribution in [0.1, 0.15) is 31.8 Å². The van der Waals surface area contributed by atoms with Crippen LogP contribution in [0.3, 0.4) is 0 Å². The molecule has 0 spiro atoms. The van der Waals surface area contributed by atoms with Crippen LogP contribution in [-0.2, 0) is 11.3 Å². The maximum atomic E-state index is 12.7. The van der Waals surface area contributed by atoms with E-state index in [-0.39, 0.29) is 5.91 Å². The van der Waals surface area contributed by atoms with Crippen molar-refractivity contribution in [1.29, 1.82) is 0 Å². The SMILES string of the molecule is CSC[C@@H](C(=O)NCc1ccc(C)cc1)N1C(=O)c2ccccc2C1=O. The van der Waals surface area contributed by atoms with Crippen molar-refractivity contribution in [2.75, 3.05) is 12.0 Å². The summed E-state index contributed by atoms with van der Waals surface area (Å²) in [5.74, 6) is -0.787. The molecule has 2 aromatic carbocycles. The highest BCUT2D eigenvalue weighted by Crippen LogP contribution is 2.25. The van der Waals surface area contributed by atoms with Crippen LogP contribution >= 0.6 is 11.8 Å². The van der Waals surface area contributed by atoms with Gasteiger partial charge in [-0.2, -0.15) is 11.8 Å². The van der Waals surface area contributed by atoms with E-state index in [1.807, 2.05) is 37.4 Å². The molecule has 26 heavy (non-hydrogen) atoms. The number of nitrogens with one attached hydrogen (secondary N) is 1. The summed E-state index contributed by atoms with van der Waals surface area (Å²) in [6, 6.07) is 13.7. The average molecular weight is 368 g/mol. The summed E-state index contributed by atoms with van der Waals surface area (Å²) in [4.78, 5) is 39.1. The van der Waals surface area contributed by atoms with Crippen molar-refractivity contribution in [2.45, 2.75) is 19.5 Å². The molecular weight excluding hydrogens is 348 g/mol. The summed E-state index contributed by atoms with van der Waals surface area (Å²) >= 11 is 1.42. The van der Waals surface area contributed by atoms with Crippen molar-refractivity contribution in [3.63, 3.8) is 0 Å². The van der Waals surface area contributed by atoms with Gasteiger partial charge >= 0.3 is 0 Å². The van der Waals surface area contributed by atoms with E-state index < -0.39 is 17.9 Å². The van der Waals surface area contributed by atoms with Crippen molar-refractivity contribution in [3.8, 4) is 0 Å². The van der Waals surface area contributed by atoms with Crippen molar-refractivity contribution >= 4 is 29.5 Å². The van der Waals surface area contributed by atoms with E-state index in [2.05, 4.69) is 5.32 Å². The monoisotopic (exact) mass is 368 g/mol. The molecule has 1 atom stereocenters. The lowest BCUT2D eigenvalue weighted by atomic mass is 10.1. The van der Waals surface area contributed by atoms with E-state index in [1.165, 1.54) is 11.8 Å². The molecule has 3 rings (SSSR count). The number of hydrogen-bond acceptors (Lipinski definition) is 4. The molecular formula is C20H20N2O3S. The zero-order chi connectivity index (χ0) is 18.7. The van der Waals surface area contributed by atoms with Gasteiger partial charge in [0.1, 0.15) is 6.04 Å². The van der Waals surface area contributed by atoms with Crippen molar-refractivity contribution < 1.29 is 14.4 Å². The number of imide groups is 1. The number of rotatable bonds is 6. The number of carbonyl (C=O) groups is 3. The summed E-state index contributed by atoms with van der Waals surface area (Å²) in [6.07, 6.45) is 1.85. The summed E-state index contributed by atoms with van der Waals surface area (Å²) in [5.41, 5.74) is 2.82. The van der Waals surface area contributed by atoms with Crippen molar-refractivity contribution in [2.24, 2.45) is 0 Å². The zero-order valence-corrected chi connectivity index (χ0v) is 15.5. The predicted octanol–water partition coefficient (Wildman–Crippen LogP) is 2.64. The highest BCUT2D eigenvalue weighted by molar-refractivity contribution is 7.98. The van der Waals surface area contributed by atoms with Crippen LogP contribution < -0.4 is 5.32 Å². The van der Waals surface area contributed by atoms with E-state index in [0.717, 1.165) is 16.0 Å². The van der Waals surface area contributed by atoms with Crippen LogP contribution in [0.15, 0.2) is 48.5 Å². The molecule has 0 saturated carbocycles. The van der Waals surface area contributed by atoms with Crippen molar-refractivity contribution in [1.82, 2.24) is 10.2 Å². The minimum absolute atomic E-state index is 0.325. The first kappa shape index (κ1) is 18.2. The summed E-state index contributed by atoms with van der Waals surface area (Å²) in [5, 5.41) is 2.85. The number of carbonyl (C=O) groups excluding carboxylic acids is 3. The molecule has 1 aliphatic heterocycles. The number of benzene rings is 2. The zero-order valence-electron chi connectivity index (χ0n) is 14.7. The number of aryl methyl sites for hydroxylation is 1. The fraction of sp³-hybridized carbons (Fsp3) is 0.250. The predicted molar refractivity (Wildman–Crippen MR) is 102 cm³/mol. The van der Waals surface area contributed by atoms with Gasteiger partial charge in [0.15, 0.2) is 0 Å². The molecule has 1 heterocycles. The number of amides is 3. The maximum absolute atomic E-state index is 12.7. The average Bonchev–Trinajstić information content (AvgIpc) is 2.90. The number of hydrogen-bond donors (Lipinski definition) is 1. The Bertz CT molecular complexity index is 813. The molecule has 0 unspecified atom stereocenters. The van der Waals surface area contributed by atoms with Gasteiger partial charge in [-0.1, -0.05) is 42.0 Å². The summed E-state index contributed by atoms with van der Waals surface area (Å²) in [6.45, 7) is 2.35. The molecule has 3 amide bonds. The number of nitrogens with zero attached hydrogens (tertiary/aromatic N) is 1. The molecule has 5 nitrogen and oxygen atoms in total. The lowest BCUT2D eigenvalue weighted by Crippen LogP contribution is -2.50. The first-order valence-electron chi connectivity index (χ1n) is 8.32. The fourth-order valence-corrected chi connectivity index (χ4v) is 3.55. The first-order chi connectivity index (χ1) is 12.5. The quantitative estimate of drug-likeness (QED) is 0.796. The third-order valence-electron chi connectivity index (χ3n) is 4.35. The van der Waals surface area contributed by atoms with E-state index in [4.69, 9.17) is 0 Å². The van der Waals surface area contributed by atoms with Crippen LogP contribution in [-0.4, -0.2) is 40.7 Å². The maximum Gasteiger partial charge on any atom is 0.262 e. The van der Waals surface area contributed by atoms with Gasteiger partial charge in [0.25, 0.3) is 11.8 Å². The van der Waals surface area contributed by atoms with Gasteiger partial charge in [-0.25, -0.2) is 0 Å². The van der Waals surface area contributed by atoms with Gasteiger partial charge in [-0.3, -0.25) is 19.3 Å². The van der Waals surface area contributed by atoms with Crippen LogP contribution in [0.2, 0.25) is 0 Å². The highest BCUT2D eigenvalue weighted by atomic mass is 32.2. The Hall–Kier alpha value is -2.60. The molecule has 1 aliphatic rings. The van der Waals surface area contributed by atoms with E-state index in [0.29, 0.717) is 23.4 Å². The number of fused-ring (bicyclic) bond motifs is 1. The molecule has 0 aromatic heterocycles. The fourth-order valence-electron chi connectivity index (χ4n) is 2.93. The van der Waals surface area contributed by atoms with Gasteiger partial charge in [-0.05, 0) is 30.9 Å². The lowest BCUT2D eigenvalue weighted by Gasteiger charge is -2.24. The smallest absolute Gasteiger partial charge is 0.262 e. The van der Waals surface area contributed by atoms with Crippen LogP contribution in [0.5, 0.6) is 0 Å². The Morgan fingerprint density at radius 1 is 1.04 bits per heavy atom. The lowest BCUT2D eigenvalue weighted by molar-refractivity contribution is -0.124. The Labute approximate surface area is 156 Å². The first-order valence-corrected chi connectivity index (χ1v) is 9.71. The number of thioether (sulfide) groups is 1. The Morgan fingerprint density at radius 2 is 1.62 bits per heavy atom. The molecule has 0 fully saturated rings. The van der Waals surface area contributed by atoms with Crippen molar-refractivity contribution in [3.05, 3.63) is 70.8 Å². The molecule has 134 valence electrons. The second-order valence-electron chi connectivity index (χ2n) is 6.20. The molecule has 1 N–H and O–H groups in total. The molecule has 0 aliphatic carbocycles. The van der Waals surface area contributed by atoms with Gasteiger partial charge in [0.2, 0.25) is 5.91 Å². The minimum atomic E-state index is -0.831. The standard InChI is InChI=1S/C20H20N2O3S/c1-13-7-9-14(10-8-13)11-21-18(23)17(12-26-2)22-19(24)15-5-3-4-6-16(15)20(22)25/h3-10,17H,11-12H2,1-2H3,(H,21,23)/t17-/m0/s1. The van der Waals surface area contributed by atoms with Gasteiger partial charge < -0.3 is 5.32 Å². The largest absolute Gasteiger partial charge is 0.350 e. The van der Waals surface area contributed by atoms with E-state index in [9.17, 15) is 14.4 Å². The van der Waals surface area contributed by atoms with Crippen LogP contribution in [0.4, 0.5) is 0 Å². The highest BCUT2D eigenvalue weighted by Gasteiger charge is 2.42. The topological polar surface area (TPSA) is 66.5 Å². The second kappa shape index (κ2) is 7.74. The Balaban J connectivity index is 1.76. The summed E-state index contributed by atoms with van der Waals surface area (Å²) in [7, 11) is 0. The van der Waals surface area contributed by atoms with Gasteiger partial charge in [0.05, 0.1) is 11.1 Å². The minimum Gasteiger partial charge on any atom is -0.350 e. The van der Waals surface area contributed by atoms with Crippen LogP contribution in [0.25, 0.3) is 0 Å². The second-order valence-corrected chi connectivity index (χ2v) is 7.11. The van der Waals surface area contributed by atoms with Gasteiger partial charge in [-0.15, -0.1) is 0 Å². The van der Waals surface area contributed by atoms with Gasteiger partial charge in [0, 0.05) is 12.3 Å². The van der Waals surface area contributed by atoms with E-state index in [1.54, 1.807) is 24.3 Å².